The molecular formula is C14H12Cl2N2O. The standard InChI is InChI=1S/C14H12Cl2N2O/c1-19-18-14(10-4-6-12(15)7-5-10)13(16)11-3-2-8-17-9-11/h2-9,13H,1H3. The van der Waals surface area contributed by atoms with Gasteiger partial charge in [-0.3, -0.25) is 4.98 Å². The molecule has 0 aliphatic heterocycles. The van der Waals surface area contributed by atoms with Crippen molar-refractivity contribution in [3.63, 3.8) is 0 Å². The van der Waals surface area contributed by atoms with Crippen molar-refractivity contribution in [2.45, 2.75) is 5.38 Å². The molecule has 1 aromatic heterocycles. The van der Waals surface area contributed by atoms with Gasteiger partial charge in [0.05, 0.1) is 0 Å². The van der Waals surface area contributed by atoms with Crippen molar-refractivity contribution in [2.75, 3.05) is 7.11 Å². The van der Waals surface area contributed by atoms with Gasteiger partial charge in [-0.1, -0.05) is 35.0 Å². The van der Waals surface area contributed by atoms with Crippen molar-refractivity contribution in [2.24, 2.45) is 5.16 Å². The highest BCUT2D eigenvalue weighted by Gasteiger charge is 2.18. The van der Waals surface area contributed by atoms with Gasteiger partial charge in [0.1, 0.15) is 18.2 Å². The highest BCUT2D eigenvalue weighted by atomic mass is 35.5. The monoisotopic (exact) mass is 294 g/mol. The van der Waals surface area contributed by atoms with E-state index in [1.807, 2.05) is 24.3 Å². The van der Waals surface area contributed by atoms with E-state index in [4.69, 9.17) is 28.0 Å². The van der Waals surface area contributed by atoms with Crippen LogP contribution in [-0.2, 0) is 4.84 Å². The molecule has 5 heteroatoms. The van der Waals surface area contributed by atoms with Crippen LogP contribution in [0, 0.1) is 0 Å². The Kier molecular flexibility index (Phi) is 4.77. The van der Waals surface area contributed by atoms with Crippen molar-refractivity contribution in [1.29, 1.82) is 0 Å². The van der Waals surface area contributed by atoms with Gasteiger partial charge in [-0.2, -0.15) is 0 Å². The number of nitrogens with zero attached hydrogens (tertiary/aromatic N) is 2. The zero-order chi connectivity index (χ0) is 13.7. The van der Waals surface area contributed by atoms with Crippen molar-refractivity contribution in [1.82, 2.24) is 4.98 Å². The van der Waals surface area contributed by atoms with Gasteiger partial charge in [-0.05, 0) is 23.8 Å². The topological polar surface area (TPSA) is 34.5 Å². The Morgan fingerprint density at radius 3 is 2.58 bits per heavy atom. The van der Waals surface area contributed by atoms with Gasteiger partial charge in [0, 0.05) is 23.0 Å². The molecule has 1 atom stereocenters. The van der Waals surface area contributed by atoms with Crippen molar-refractivity contribution in [3.8, 4) is 0 Å². The second-order valence-electron chi connectivity index (χ2n) is 3.81. The van der Waals surface area contributed by atoms with Crippen LogP contribution in [0.5, 0.6) is 0 Å². The second kappa shape index (κ2) is 6.55. The Bertz CT molecular complexity index is 555. The van der Waals surface area contributed by atoms with E-state index in [9.17, 15) is 0 Å². The summed E-state index contributed by atoms with van der Waals surface area (Å²) < 4.78 is 0. The van der Waals surface area contributed by atoms with E-state index in [0.717, 1.165) is 11.1 Å². The molecule has 0 saturated heterocycles. The van der Waals surface area contributed by atoms with Crippen LogP contribution in [0.1, 0.15) is 16.5 Å². The fourth-order valence-corrected chi connectivity index (χ4v) is 2.07. The Hall–Kier alpha value is -1.58. The van der Waals surface area contributed by atoms with E-state index in [2.05, 4.69) is 10.1 Å². The summed E-state index contributed by atoms with van der Waals surface area (Å²) in [6.45, 7) is 0. The molecule has 2 aromatic rings. The number of benzene rings is 1. The van der Waals surface area contributed by atoms with Gasteiger partial charge in [-0.25, -0.2) is 0 Å². The third kappa shape index (κ3) is 3.46. The first-order valence-electron chi connectivity index (χ1n) is 5.63. The Morgan fingerprint density at radius 2 is 2.00 bits per heavy atom. The van der Waals surface area contributed by atoms with Gasteiger partial charge in [0.15, 0.2) is 0 Å². The largest absolute Gasteiger partial charge is 0.399 e. The summed E-state index contributed by atoms with van der Waals surface area (Å²) >= 11 is 12.3. The Balaban J connectivity index is 2.36. The zero-order valence-corrected chi connectivity index (χ0v) is 11.8. The highest BCUT2D eigenvalue weighted by Crippen LogP contribution is 2.26. The molecule has 1 unspecified atom stereocenters. The quantitative estimate of drug-likeness (QED) is 0.484. The maximum Gasteiger partial charge on any atom is 0.109 e. The Morgan fingerprint density at radius 1 is 1.26 bits per heavy atom. The molecule has 0 aliphatic carbocycles. The summed E-state index contributed by atoms with van der Waals surface area (Å²) in [6.07, 6.45) is 3.40. The van der Waals surface area contributed by atoms with Crippen molar-refractivity contribution in [3.05, 3.63) is 64.9 Å². The number of oxime groups is 1. The van der Waals surface area contributed by atoms with Crippen LogP contribution in [0.3, 0.4) is 0 Å². The van der Waals surface area contributed by atoms with Gasteiger partial charge >= 0.3 is 0 Å². The number of hydrogen-bond donors (Lipinski definition) is 0. The van der Waals surface area contributed by atoms with Crippen molar-refractivity contribution >= 4 is 28.9 Å². The summed E-state index contributed by atoms with van der Waals surface area (Å²) in [4.78, 5) is 8.94. The maximum atomic E-state index is 6.44. The predicted molar refractivity (Wildman–Crippen MR) is 77.8 cm³/mol. The third-order valence-electron chi connectivity index (χ3n) is 2.55. The summed E-state index contributed by atoms with van der Waals surface area (Å²) in [5.74, 6) is 0. The SMILES string of the molecule is CON=C(c1ccc(Cl)cc1)C(Cl)c1cccnc1. The lowest BCUT2D eigenvalue weighted by Gasteiger charge is -2.12. The van der Waals surface area contributed by atoms with E-state index in [0.29, 0.717) is 10.7 Å². The van der Waals surface area contributed by atoms with Gasteiger partial charge in [-0.15, -0.1) is 11.6 Å². The van der Waals surface area contributed by atoms with Crippen LogP contribution in [0.25, 0.3) is 0 Å². The molecule has 98 valence electrons. The molecule has 0 amide bonds. The lowest BCUT2D eigenvalue weighted by molar-refractivity contribution is 0.213. The van der Waals surface area contributed by atoms with Crippen molar-refractivity contribution < 1.29 is 4.84 Å². The van der Waals surface area contributed by atoms with Gasteiger partial charge < -0.3 is 4.84 Å². The van der Waals surface area contributed by atoms with E-state index >= 15 is 0 Å². The molecule has 0 aliphatic rings. The first kappa shape index (κ1) is 13.8. The minimum absolute atomic E-state index is 0.435. The minimum Gasteiger partial charge on any atom is -0.399 e. The lowest BCUT2D eigenvalue weighted by atomic mass is 10.0. The van der Waals surface area contributed by atoms with Crippen LogP contribution < -0.4 is 0 Å². The van der Waals surface area contributed by atoms with Crippen LogP contribution in [0.4, 0.5) is 0 Å². The van der Waals surface area contributed by atoms with Crippen LogP contribution in [0.15, 0.2) is 53.9 Å². The molecule has 1 heterocycles. The van der Waals surface area contributed by atoms with Crippen LogP contribution in [-0.4, -0.2) is 17.8 Å². The first-order chi connectivity index (χ1) is 9.22. The third-order valence-corrected chi connectivity index (χ3v) is 3.26. The van der Waals surface area contributed by atoms with Crippen LogP contribution in [0.2, 0.25) is 5.02 Å². The minimum atomic E-state index is -0.435. The number of alkyl halides is 1. The van der Waals surface area contributed by atoms with Crippen LogP contribution >= 0.6 is 23.2 Å². The maximum absolute atomic E-state index is 6.44. The fourth-order valence-electron chi connectivity index (χ4n) is 1.65. The first-order valence-corrected chi connectivity index (χ1v) is 6.45. The molecule has 1 aromatic carbocycles. The summed E-state index contributed by atoms with van der Waals surface area (Å²) in [7, 11) is 1.49. The zero-order valence-electron chi connectivity index (χ0n) is 10.3. The fraction of sp³-hybridized carbons (Fsp3) is 0.143. The summed E-state index contributed by atoms with van der Waals surface area (Å²) in [5, 5.41) is 4.24. The Labute approximate surface area is 121 Å². The second-order valence-corrected chi connectivity index (χ2v) is 4.69. The van der Waals surface area contributed by atoms with E-state index < -0.39 is 5.38 Å². The molecule has 0 N–H and O–H groups in total. The number of aromatic nitrogens is 1. The molecule has 0 fully saturated rings. The normalized spacial score (nSPS) is 13.1. The predicted octanol–water partition coefficient (Wildman–Crippen LogP) is 4.07. The smallest absolute Gasteiger partial charge is 0.109 e. The summed E-state index contributed by atoms with van der Waals surface area (Å²) in [5.41, 5.74) is 2.33. The van der Waals surface area contributed by atoms with E-state index in [1.165, 1.54) is 7.11 Å². The molecular weight excluding hydrogens is 283 g/mol. The lowest BCUT2D eigenvalue weighted by Crippen LogP contribution is -2.10. The highest BCUT2D eigenvalue weighted by molar-refractivity contribution is 6.35. The van der Waals surface area contributed by atoms with Gasteiger partial charge in [0.25, 0.3) is 0 Å². The molecule has 0 saturated carbocycles. The van der Waals surface area contributed by atoms with Gasteiger partial charge in [0.2, 0.25) is 0 Å². The molecule has 2 rings (SSSR count). The molecule has 0 bridgehead atoms. The molecule has 0 radical (unpaired) electrons. The molecule has 0 spiro atoms. The number of halogens is 2. The molecule has 19 heavy (non-hydrogen) atoms. The van der Waals surface area contributed by atoms with E-state index in [-0.39, 0.29) is 0 Å². The average Bonchev–Trinajstić information content (AvgIpc) is 2.46. The summed E-state index contributed by atoms with van der Waals surface area (Å²) in [6, 6.07) is 11.0. The molecule has 3 nitrogen and oxygen atoms in total. The van der Waals surface area contributed by atoms with E-state index in [1.54, 1.807) is 24.5 Å². The number of hydrogen-bond acceptors (Lipinski definition) is 3. The average molecular weight is 295 g/mol. The number of pyridine rings is 1. The number of rotatable bonds is 4.